The van der Waals surface area contributed by atoms with Crippen LogP contribution >= 0.6 is 11.8 Å². The molecule has 0 radical (unpaired) electrons. The Morgan fingerprint density at radius 3 is 2.70 bits per heavy atom. The maximum atomic E-state index is 12.2. The number of thioether (sulfide) groups is 1. The standard InChI is InChI=1S/C13H20N2O3S2/c14-12-2-4-13(5-3-12)19-10-11-20(16,17)15-6-1-8-18-9-7-15/h2-5H,1,6-11,14H2. The Morgan fingerprint density at radius 1 is 1.20 bits per heavy atom. The first-order valence-electron chi connectivity index (χ1n) is 6.62. The largest absolute Gasteiger partial charge is 0.399 e. The van der Waals surface area contributed by atoms with E-state index >= 15 is 0 Å². The van der Waals surface area contributed by atoms with Crippen molar-refractivity contribution in [1.82, 2.24) is 4.31 Å². The fourth-order valence-corrected chi connectivity index (χ4v) is 4.72. The fraction of sp³-hybridized carbons (Fsp3) is 0.538. The molecule has 2 N–H and O–H groups in total. The lowest BCUT2D eigenvalue weighted by Crippen LogP contribution is -2.35. The van der Waals surface area contributed by atoms with Gasteiger partial charge in [-0.3, -0.25) is 0 Å². The van der Waals surface area contributed by atoms with Crippen LogP contribution < -0.4 is 5.73 Å². The summed E-state index contributed by atoms with van der Waals surface area (Å²) in [5, 5.41) is 0. The molecule has 0 aromatic heterocycles. The first kappa shape index (κ1) is 15.6. The van der Waals surface area contributed by atoms with Gasteiger partial charge in [0.1, 0.15) is 0 Å². The van der Waals surface area contributed by atoms with Gasteiger partial charge in [-0.2, -0.15) is 4.31 Å². The molecule has 1 saturated heterocycles. The number of ether oxygens (including phenoxy) is 1. The van der Waals surface area contributed by atoms with Crippen molar-refractivity contribution in [2.24, 2.45) is 0 Å². The van der Waals surface area contributed by atoms with E-state index in [-0.39, 0.29) is 5.75 Å². The van der Waals surface area contributed by atoms with Crippen molar-refractivity contribution in [3.05, 3.63) is 24.3 Å². The Morgan fingerprint density at radius 2 is 1.95 bits per heavy atom. The van der Waals surface area contributed by atoms with Crippen LogP contribution in [0.25, 0.3) is 0 Å². The number of nitrogens with zero attached hydrogens (tertiary/aromatic N) is 1. The van der Waals surface area contributed by atoms with Crippen molar-refractivity contribution >= 4 is 27.5 Å². The molecule has 1 aromatic rings. The van der Waals surface area contributed by atoms with E-state index in [4.69, 9.17) is 10.5 Å². The lowest BCUT2D eigenvalue weighted by atomic mass is 10.3. The highest BCUT2D eigenvalue weighted by Crippen LogP contribution is 2.20. The van der Waals surface area contributed by atoms with Crippen LogP contribution in [0.15, 0.2) is 29.2 Å². The highest BCUT2D eigenvalue weighted by molar-refractivity contribution is 8.00. The highest BCUT2D eigenvalue weighted by atomic mass is 32.2. The molecule has 112 valence electrons. The molecule has 0 aliphatic carbocycles. The SMILES string of the molecule is Nc1ccc(SCCS(=O)(=O)N2CCCOCC2)cc1. The third-order valence-electron chi connectivity index (χ3n) is 3.06. The average molecular weight is 316 g/mol. The van der Waals surface area contributed by atoms with Crippen LogP contribution in [0.5, 0.6) is 0 Å². The molecule has 0 atom stereocenters. The number of hydrogen-bond donors (Lipinski definition) is 1. The van der Waals surface area contributed by atoms with Gasteiger partial charge in [-0.05, 0) is 30.7 Å². The number of benzene rings is 1. The van der Waals surface area contributed by atoms with Crippen LogP contribution in [0.1, 0.15) is 6.42 Å². The van der Waals surface area contributed by atoms with Crippen molar-refractivity contribution in [2.75, 3.05) is 43.5 Å². The minimum atomic E-state index is -3.18. The number of sulfonamides is 1. The van der Waals surface area contributed by atoms with Crippen LogP contribution in [0, 0.1) is 0 Å². The molecule has 2 rings (SSSR count). The molecule has 20 heavy (non-hydrogen) atoms. The Kier molecular flexibility index (Phi) is 5.71. The van der Waals surface area contributed by atoms with Crippen LogP contribution in [0.2, 0.25) is 0 Å². The Hall–Kier alpha value is -0.760. The molecule has 1 aliphatic heterocycles. The summed E-state index contributed by atoms with van der Waals surface area (Å²) < 4.78 is 31.3. The summed E-state index contributed by atoms with van der Waals surface area (Å²) in [7, 11) is -3.18. The third-order valence-corrected chi connectivity index (χ3v) is 6.21. The summed E-state index contributed by atoms with van der Waals surface area (Å²) in [6.45, 7) is 2.17. The summed E-state index contributed by atoms with van der Waals surface area (Å²) in [5.74, 6) is 0.700. The van der Waals surface area contributed by atoms with Gasteiger partial charge in [0, 0.05) is 36.0 Å². The van der Waals surface area contributed by atoms with Crippen LogP contribution in [-0.4, -0.2) is 50.5 Å². The molecule has 1 aromatic carbocycles. The molecule has 0 amide bonds. The summed E-state index contributed by atoms with van der Waals surface area (Å²) in [6.07, 6.45) is 0.768. The van der Waals surface area contributed by atoms with Crippen molar-refractivity contribution in [3.8, 4) is 0 Å². The van der Waals surface area contributed by atoms with E-state index in [1.54, 1.807) is 4.31 Å². The number of rotatable bonds is 5. The molecular weight excluding hydrogens is 296 g/mol. The molecule has 5 nitrogen and oxygen atoms in total. The number of anilines is 1. The molecule has 1 aliphatic rings. The van der Waals surface area contributed by atoms with Crippen molar-refractivity contribution in [2.45, 2.75) is 11.3 Å². The van der Waals surface area contributed by atoms with Gasteiger partial charge in [0.2, 0.25) is 10.0 Å². The first-order chi connectivity index (χ1) is 9.58. The van der Waals surface area contributed by atoms with Gasteiger partial charge in [0.05, 0.1) is 12.4 Å². The molecule has 0 unspecified atom stereocenters. The van der Waals surface area contributed by atoms with E-state index in [0.29, 0.717) is 37.7 Å². The molecule has 7 heteroatoms. The molecule has 1 fully saturated rings. The Labute approximate surface area is 124 Å². The van der Waals surface area contributed by atoms with Gasteiger partial charge >= 0.3 is 0 Å². The summed E-state index contributed by atoms with van der Waals surface area (Å²) in [6, 6.07) is 7.46. The fourth-order valence-electron chi connectivity index (χ4n) is 1.96. The van der Waals surface area contributed by atoms with Gasteiger partial charge in [0.25, 0.3) is 0 Å². The van der Waals surface area contributed by atoms with Gasteiger partial charge in [-0.15, -0.1) is 11.8 Å². The quantitative estimate of drug-likeness (QED) is 0.657. The second-order valence-electron chi connectivity index (χ2n) is 4.60. The third kappa shape index (κ3) is 4.66. The van der Waals surface area contributed by atoms with Crippen molar-refractivity contribution < 1.29 is 13.2 Å². The van der Waals surface area contributed by atoms with Crippen LogP contribution in [-0.2, 0) is 14.8 Å². The topological polar surface area (TPSA) is 72.6 Å². The molecule has 0 spiro atoms. The minimum Gasteiger partial charge on any atom is -0.399 e. The molecule has 1 heterocycles. The monoisotopic (exact) mass is 316 g/mol. The predicted molar refractivity (Wildman–Crippen MR) is 82.4 cm³/mol. The van der Waals surface area contributed by atoms with E-state index in [2.05, 4.69) is 0 Å². The highest BCUT2D eigenvalue weighted by Gasteiger charge is 2.22. The van der Waals surface area contributed by atoms with E-state index in [1.165, 1.54) is 11.8 Å². The van der Waals surface area contributed by atoms with E-state index in [1.807, 2.05) is 24.3 Å². The number of nitrogens with two attached hydrogens (primary N) is 1. The van der Waals surface area contributed by atoms with Crippen molar-refractivity contribution in [3.63, 3.8) is 0 Å². The maximum Gasteiger partial charge on any atom is 0.215 e. The predicted octanol–water partition coefficient (Wildman–Crippen LogP) is 1.41. The summed E-state index contributed by atoms with van der Waals surface area (Å²) in [4.78, 5) is 1.04. The average Bonchev–Trinajstić information content (AvgIpc) is 2.70. The Bertz CT molecular complexity index is 509. The number of hydrogen-bond acceptors (Lipinski definition) is 5. The second-order valence-corrected chi connectivity index (χ2v) is 7.86. The zero-order chi connectivity index (χ0) is 14.4. The Balaban J connectivity index is 1.84. The van der Waals surface area contributed by atoms with Gasteiger partial charge in [-0.1, -0.05) is 0 Å². The lowest BCUT2D eigenvalue weighted by molar-refractivity contribution is 0.148. The maximum absolute atomic E-state index is 12.2. The van der Waals surface area contributed by atoms with Crippen LogP contribution in [0.4, 0.5) is 5.69 Å². The summed E-state index contributed by atoms with van der Waals surface area (Å²) >= 11 is 1.53. The molecular formula is C13H20N2O3S2. The first-order valence-corrected chi connectivity index (χ1v) is 9.21. The van der Waals surface area contributed by atoms with E-state index < -0.39 is 10.0 Å². The zero-order valence-electron chi connectivity index (χ0n) is 11.3. The number of nitrogen functional groups attached to an aromatic ring is 1. The second kappa shape index (κ2) is 7.31. The van der Waals surface area contributed by atoms with Gasteiger partial charge in [0.15, 0.2) is 0 Å². The summed E-state index contributed by atoms with van der Waals surface area (Å²) in [5.41, 5.74) is 6.33. The molecule has 0 bridgehead atoms. The van der Waals surface area contributed by atoms with Crippen LogP contribution in [0.3, 0.4) is 0 Å². The zero-order valence-corrected chi connectivity index (χ0v) is 13.0. The molecule has 0 saturated carbocycles. The van der Waals surface area contributed by atoms with Gasteiger partial charge < -0.3 is 10.5 Å². The van der Waals surface area contributed by atoms with E-state index in [9.17, 15) is 8.42 Å². The lowest BCUT2D eigenvalue weighted by Gasteiger charge is -2.18. The minimum absolute atomic E-state index is 0.155. The van der Waals surface area contributed by atoms with Crippen molar-refractivity contribution in [1.29, 1.82) is 0 Å². The smallest absolute Gasteiger partial charge is 0.215 e. The van der Waals surface area contributed by atoms with E-state index in [0.717, 1.165) is 11.3 Å². The van der Waals surface area contributed by atoms with Gasteiger partial charge in [-0.25, -0.2) is 8.42 Å². The normalized spacial score (nSPS) is 17.8.